The van der Waals surface area contributed by atoms with Gasteiger partial charge < -0.3 is 10.5 Å². The molecule has 5 nitrogen and oxygen atoms in total. The molecule has 0 saturated carbocycles. The SMILES string of the molecule is C[C@@H](N)c1cc(F)ccc1Oc1cc([N+](=O)[O-])ccc1Br. The molecule has 2 aromatic carbocycles. The van der Waals surface area contributed by atoms with Gasteiger partial charge in [0.1, 0.15) is 17.3 Å². The van der Waals surface area contributed by atoms with Crippen molar-refractivity contribution in [2.75, 3.05) is 0 Å². The number of hydrogen-bond acceptors (Lipinski definition) is 4. The van der Waals surface area contributed by atoms with Crippen LogP contribution in [-0.2, 0) is 0 Å². The Morgan fingerprint density at radius 3 is 2.62 bits per heavy atom. The molecule has 7 heteroatoms. The van der Waals surface area contributed by atoms with E-state index >= 15 is 0 Å². The standard InChI is InChI=1S/C14H12BrFN2O3/c1-8(17)11-6-9(16)2-5-13(11)21-14-7-10(18(19)20)3-4-12(14)15/h2-8H,17H2,1H3/t8-/m1/s1. The average Bonchev–Trinajstić information content (AvgIpc) is 2.42. The second kappa shape index (κ2) is 6.19. The fraction of sp³-hybridized carbons (Fsp3) is 0.143. The highest BCUT2D eigenvalue weighted by Crippen LogP contribution is 2.35. The quantitative estimate of drug-likeness (QED) is 0.655. The van der Waals surface area contributed by atoms with E-state index in [0.717, 1.165) is 0 Å². The maximum Gasteiger partial charge on any atom is 0.273 e. The summed E-state index contributed by atoms with van der Waals surface area (Å²) in [5.74, 6) is 0.193. The van der Waals surface area contributed by atoms with Crippen LogP contribution in [0.5, 0.6) is 11.5 Å². The van der Waals surface area contributed by atoms with E-state index < -0.39 is 16.8 Å². The maximum atomic E-state index is 13.3. The number of non-ortho nitro benzene ring substituents is 1. The lowest BCUT2D eigenvalue weighted by atomic mass is 10.1. The van der Waals surface area contributed by atoms with E-state index in [1.165, 1.54) is 36.4 Å². The summed E-state index contributed by atoms with van der Waals surface area (Å²) < 4.78 is 19.5. The van der Waals surface area contributed by atoms with Gasteiger partial charge in [0, 0.05) is 17.7 Å². The number of nitro benzene ring substituents is 1. The topological polar surface area (TPSA) is 78.4 Å². The molecule has 0 bridgehead atoms. The molecule has 0 fully saturated rings. The fourth-order valence-electron chi connectivity index (χ4n) is 1.77. The Morgan fingerprint density at radius 2 is 2.00 bits per heavy atom. The van der Waals surface area contributed by atoms with Crippen molar-refractivity contribution in [2.24, 2.45) is 5.73 Å². The second-order valence-corrected chi connectivity index (χ2v) is 5.30. The number of nitrogens with two attached hydrogens (primary N) is 1. The van der Waals surface area contributed by atoms with Crippen LogP contribution in [0.4, 0.5) is 10.1 Å². The molecule has 0 amide bonds. The van der Waals surface area contributed by atoms with Crippen LogP contribution in [0.25, 0.3) is 0 Å². The van der Waals surface area contributed by atoms with Crippen LogP contribution >= 0.6 is 15.9 Å². The minimum Gasteiger partial charge on any atom is -0.456 e. The summed E-state index contributed by atoms with van der Waals surface area (Å²) in [6.07, 6.45) is 0. The molecule has 0 radical (unpaired) electrons. The Bertz CT molecular complexity index is 692. The number of nitro groups is 1. The van der Waals surface area contributed by atoms with Crippen molar-refractivity contribution in [3.05, 3.63) is 62.4 Å². The zero-order chi connectivity index (χ0) is 15.6. The van der Waals surface area contributed by atoms with Crippen molar-refractivity contribution >= 4 is 21.6 Å². The minimum absolute atomic E-state index is 0.0994. The molecule has 0 aliphatic rings. The van der Waals surface area contributed by atoms with Crippen molar-refractivity contribution in [1.29, 1.82) is 0 Å². The summed E-state index contributed by atoms with van der Waals surface area (Å²) >= 11 is 3.26. The first kappa shape index (κ1) is 15.4. The number of hydrogen-bond donors (Lipinski definition) is 1. The van der Waals surface area contributed by atoms with Gasteiger partial charge in [-0.2, -0.15) is 0 Å². The van der Waals surface area contributed by atoms with E-state index in [1.807, 2.05) is 0 Å². The van der Waals surface area contributed by atoms with Gasteiger partial charge in [-0.15, -0.1) is 0 Å². The average molecular weight is 355 g/mol. The van der Waals surface area contributed by atoms with Crippen LogP contribution < -0.4 is 10.5 Å². The molecule has 21 heavy (non-hydrogen) atoms. The van der Waals surface area contributed by atoms with Crippen molar-refractivity contribution in [1.82, 2.24) is 0 Å². The second-order valence-electron chi connectivity index (χ2n) is 4.44. The molecule has 0 spiro atoms. The zero-order valence-corrected chi connectivity index (χ0v) is 12.6. The lowest BCUT2D eigenvalue weighted by Crippen LogP contribution is -2.07. The van der Waals surface area contributed by atoms with E-state index in [-0.39, 0.29) is 11.4 Å². The predicted molar refractivity (Wildman–Crippen MR) is 79.9 cm³/mol. The Labute approximate surface area is 128 Å². The van der Waals surface area contributed by atoms with Gasteiger partial charge >= 0.3 is 0 Å². The Balaban J connectivity index is 2.43. The molecule has 110 valence electrons. The summed E-state index contributed by atoms with van der Waals surface area (Å²) in [6.45, 7) is 1.70. The zero-order valence-electron chi connectivity index (χ0n) is 11.0. The number of nitrogens with zero attached hydrogens (tertiary/aromatic N) is 1. The van der Waals surface area contributed by atoms with Crippen molar-refractivity contribution in [3.63, 3.8) is 0 Å². The van der Waals surface area contributed by atoms with Crippen LogP contribution in [0.15, 0.2) is 40.9 Å². The van der Waals surface area contributed by atoms with E-state index in [2.05, 4.69) is 15.9 Å². The monoisotopic (exact) mass is 354 g/mol. The number of ether oxygens (including phenoxy) is 1. The molecule has 0 heterocycles. The van der Waals surface area contributed by atoms with Crippen LogP contribution in [0.3, 0.4) is 0 Å². The third kappa shape index (κ3) is 3.56. The van der Waals surface area contributed by atoms with Crippen molar-refractivity contribution < 1.29 is 14.1 Å². The molecule has 0 unspecified atom stereocenters. The van der Waals surface area contributed by atoms with E-state index in [1.54, 1.807) is 6.92 Å². The van der Waals surface area contributed by atoms with Crippen LogP contribution in [-0.4, -0.2) is 4.92 Å². The van der Waals surface area contributed by atoms with E-state index in [9.17, 15) is 14.5 Å². The van der Waals surface area contributed by atoms with Crippen LogP contribution in [0.2, 0.25) is 0 Å². The number of halogens is 2. The highest BCUT2D eigenvalue weighted by atomic mass is 79.9. The smallest absolute Gasteiger partial charge is 0.273 e. The van der Waals surface area contributed by atoms with Gasteiger partial charge in [0.25, 0.3) is 5.69 Å². The summed E-state index contributed by atoms with van der Waals surface area (Å²) in [4.78, 5) is 10.3. The van der Waals surface area contributed by atoms with Crippen LogP contribution in [0.1, 0.15) is 18.5 Å². The molecule has 0 saturated heterocycles. The molecule has 2 rings (SSSR count). The number of benzene rings is 2. The van der Waals surface area contributed by atoms with Gasteiger partial charge in [-0.25, -0.2) is 4.39 Å². The highest BCUT2D eigenvalue weighted by Gasteiger charge is 2.15. The van der Waals surface area contributed by atoms with Gasteiger partial charge in [0.15, 0.2) is 0 Å². The molecule has 2 aromatic rings. The molecular weight excluding hydrogens is 343 g/mol. The Kier molecular flexibility index (Phi) is 4.54. The molecule has 0 aliphatic carbocycles. The first-order valence-electron chi connectivity index (χ1n) is 6.05. The van der Waals surface area contributed by atoms with Gasteiger partial charge in [0.2, 0.25) is 0 Å². The predicted octanol–water partition coefficient (Wildman–Crippen LogP) is 4.31. The largest absolute Gasteiger partial charge is 0.456 e. The Hall–Kier alpha value is -1.99. The molecule has 1 atom stereocenters. The molecule has 0 aromatic heterocycles. The van der Waals surface area contributed by atoms with Gasteiger partial charge in [-0.1, -0.05) is 0 Å². The first-order valence-corrected chi connectivity index (χ1v) is 6.84. The number of rotatable bonds is 4. The third-order valence-electron chi connectivity index (χ3n) is 2.81. The lowest BCUT2D eigenvalue weighted by molar-refractivity contribution is -0.384. The minimum atomic E-state index is -0.517. The normalized spacial score (nSPS) is 12.0. The van der Waals surface area contributed by atoms with Gasteiger partial charge in [0.05, 0.1) is 15.5 Å². The Morgan fingerprint density at radius 1 is 1.29 bits per heavy atom. The van der Waals surface area contributed by atoms with Gasteiger partial charge in [-0.3, -0.25) is 10.1 Å². The summed E-state index contributed by atoms with van der Waals surface area (Å²) in [6, 6.07) is 7.69. The van der Waals surface area contributed by atoms with E-state index in [4.69, 9.17) is 10.5 Å². The molecule has 0 aliphatic heterocycles. The van der Waals surface area contributed by atoms with Crippen molar-refractivity contribution in [3.8, 4) is 11.5 Å². The first-order chi connectivity index (χ1) is 9.88. The summed E-state index contributed by atoms with van der Waals surface area (Å²) in [5, 5.41) is 10.8. The molecular formula is C14H12BrFN2O3. The van der Waals surface area contributed by atoms with Crippen LogP contribution in [0, 0.1) is 15.9 Å². The fourth-order valence-corrected chi connectivity index (χ4v) is 2.10. The lowest BCUT2D eigenvalue weighted by Gasteiger charge is -2.14. The maximum absolute atomic E-state index is 13.3. The molecule has 2 N–H and O–H groups in total. The summed E-state index contributed by atoms with van der Waals surface area (Å²) in [7, 11) is 0. The third-order valence-corrected chi connectivity index (χ3v) is 3.46. The van der Waals surface area contributed by atoms with Crippen molar-refractivity contribution in [2.45, 2.75) is 13.0 Å². The summed E-state index contributed by atoms with van der Waals surface area (Å²) in [5.41, 5.74) is 6.17. The highest BCUT2D eigenvalue weighted by molar-refractivity contribution is 9.10. The van der Waals surface area contributed by atoms with Gasteiger partial charge in [-0.05, 0) is 47.1 Å². The van der Waals surface area contributed by atoms with E-state index in [0.29, 0.717) is 15.8 Å².